The van der Waals surface area contributed by atoms with Crippen LogP contribution in [0.15, 0.2) is 36.4 Å². The van der Waals surface area contributed by atoms with Gasteiger partial charge in [-0.3, -0.25) is 0 Å². The van der Waals surface area contributed by atoms with E-state index in [0.717, 1.165) is 12.2 Å². The van der Waals surface area contributed by atoms with Crippen LogP contribution in [-0.2, 0) is 6.42 Å². The number of aryl methyl sites for hydroxylation is 1. The highest BCUT2D eigenvalue weighted by molar-refractivity contribution is 5.38. The molecule has 0 spiro atoms. The molecule has 0 bridgehead atoms. The van der Waals surface area contributed by atoms with Crippen molar-refractivity contribution in [2.24, 2.45) is 5.84 Å². The monoisotopic (exact) mass is 230 g/mol. The fourth-order valence-corrected chi connectivity index (χ4v) is 1.37. The molecule has 0 amide bonds. The highest BCUT2D eigenvalue weighted by atomic mass is 16.5. The number of hydrazine groups is 1. The second kappa shape index (κ2) is 5.27. The standard InChI is InChI=1S/C12H14N4O/c1-2-10-14-11(16-13)8-12(15-10)17-9-6-4-3-5-7-9/h3-8H,2,13H2,1H3,(H,14,15,16). The zero-order valence-corrected chi connectivity index (χ0v) is 9.55. The van der Waals surface area contributed by atoms with Crippen molar-refractivity contribution >= 4 is 5.82 Å². The average Bonchev–Trinajstić information content (AvgIpc) is 2.39. The molecule has 0 aliphatic rings. The molecule has 3 N–H and O–H groups in total. The van der Waals surface area contributed by atoms with Gasteiger partial charge in [0.2, 0.25) is 5.88 Å². The lowest BCUT2D eigenvalue weighted by atomic mass is 10.3. The zero-order chi connectivity index (χ0) is 12.1. The number of benzene rings is 1. The van der Waals surface area contributed by atoms with Crippen molar-refractivity contribution in [2.75, 3.05) is 5.43 Å². The minimum atomic E-state index is 0.482. The van der Waals surface area contributed by atoms with E-state index in [4.69, 9.17) is 10.6 Å². The Kier molecular flexibility index (Phi) is 3.52. The van der Waals surface area contributed by atoms with Crippen LogP contribution in [0.5, 0.6) is 11.6 Å². The predicted molar refractivity (Wildman–Crippen MR) is 65.7 cm³/mol. The van der Waals surface area contributed by atoms with E-state index in [9.17, 15) is 0 Å². The average molecular weight is 230 g/mol. The molecule has 1 heterocycles. The van der Waals surface area contributed by atoms with Gasteiger partial charge in [0.1, 0.15) is 17.4 Å². The molecule has 5 heteroatoms. The molecule has 0 saturated carbocycles. The van der Waals surface area contributed by atoms with Crippen molar-refractivity contribution in [2.45, 2.75) is 13.3 Å². The third-order valence-electron chi connectivity index (χ3n) is 2.18. The summed E-state index contributed by atoms with van der Waals surface area (Å²) in [4.78, 5) is 8.45. The maximum atomic E-state index is 5.62. The topological polar surface area (TPSA) is 73.1 Å². The Hall–Kier alpha value is -2.14. The third kappa shape index (κ3) is 2.92. The Bertz CT molecular complexity index is 465. The first-order chi connectivity index (χ1) is 8.31. The summed E-state index contributed by atoms with van der Waals surface area (Å²) in [5, 5.41) is 0. The minimum absolute atomic E-state index is 0.482. The van der Waals surface area contributed by atoms with E-state index in [1.54, 1.807) is 6.07 Å². The molecule has 2 aromatic rings. The molecule has 0 aliphatic heterocycles. The number of nitrogens with one attached hydrogen (secondary N) is 1. The maximum absolute atomic E-state index is 5.62. The fourth-order valence-electron chi connectivity index (χ4n) is 1.37. The van der Waals surface area contributed by atoms with Crippen molar-refractivity contribution in [3.63, 3.8) is 0 Å². The van der Waals surface area contributed by atoms with Gasteiger partial charge >= 0.3 is 0 Å². The van der Waals surface area contributed by atoms with Crippen LogP contribution >= 0.6 is 0 Å². The number of ether oxygens (including phenoxy) is 1. The van der Waals surface area contributed by atoms with E-state index in [2.05, 4.69) is 15.4 Å². The van der Waals surface area contributed by atoms with Crippen LogP contribution in [0.4, 0.5) is 5.82 Å². The summed E-state index contributed by atoms with van der Waals surface area (Å²) in [6, 6.07) is 11.1. The van der Waals surface area contributed by atoms with Gasteiger partial charge in [0.15, 0.2) is 0 Å². The molecule has 0 saturated heterocycles. The second-order valence-corrected chi connectivity index (χ2v) is 3.42. The van der Waals surface area contributed by atoms with E-state index in [0.29, 0.717) is 17.5 Å². The first-order valence-electron chi connectivity index (χ1n) is 5.39. The summed E-state index contributed by atoms with van der Waals surface area (Å²) in [6.45, 7) is 1.97. The van der Waals surface area contributed by atoms with E-state index in [1.807, 2.05) is 37.3 Å². The molecule has 17 heavy (non-hydrogen) atoms. The van der Waals surface area contributed by atoms with Gasteiger partial charge in [-0.25, -0.2) is 10.8 Å². The van der Waals surface area contributed by atoms with Crippen LogP contribution in [0, 0.1) is 0 Å². The minimum Gasteiger partial charge on any atom is -0.439 e. The van der Waals surface area contributed by atoms with Gasteiger partial charge in [-0.15, -0.1) is 0 Å². The molecular weight excluding hydrogens is 216 g/mol. The largest absolute Gasteiger partial charge is 0.439 e. The Morgan fingerprint density at radius 3 is 2.65 bits per heavy atom. The summed E-state index contributed by atoms with van der Waals surface area (Å²) < 4.78 is 5.62. The van der Waals surface area contributed by atoms with Crippen molar-refractivity contribution in [3.05, 3.63) is 42.2 Å². The number of para-hydroxylation sites is 1. The quantitative estimate of drug-likeness (QED) is 0.621. The van der Waals surface area contributed by atoms with Gasteiger partial charge in [-0.2, -0.15) is 4.98 Å². The van der Waals surface area contributed by atoms with Gasteiger partial charge in [0, 0.05) is 12.5 Å². The van der Waals surface area contributed by atoms with E-state index in [-0.39, 0.29) is 0 Å². The molecule has 0 radical (unpaired) electrons. The van der Waals surface area contributed by atoms with Crippen LogP contribution in [0.3, 0.4) is 0 Å². The Labute approximate surface area is 99.6 Å². The lowest BCUT2D eigenvalue weighted by Gasteiger charge is -2.07. The van der Waals surface area contributed by atoms with Crippen LogP contribution in [0.25, 0.3) is 0 Å². The lowest BCUT2D eigenvalue weighted by Crippen LogP contribution is -2.10. The number of aromatic nitrogens is 2. The smallest absolute Gasteiger partial charge is 0.224 e. The van der Waals surface area contributed by atoms with Crippen LogP contribution < -0.4 is 16.0 Å². The first kappa shape index (κ1) is 11.3. The number of anilines is 1. The fraction of sp³-hybridized carbons (Fsp3) is 0.167. The highest BCUT2D eigenvalue weighted by Crippen LogP contribution is 2.20. The summed E-state index contributed by atoms with van der Waals surface area (Å²) in [5.74, 6) is 7.79. The normalized spacial score (nSPS) is 10.0. The Morgan fingerprint density at radius 2 is 2.00 bits per heavy atom. The highest BCUT2D eigenvalue weighted by Gasteiger charge is 2.04. The van der Waals surface area contributed by atoms with Gasteiger partial charge in [-0.05, 0) is 12.1 Å². The summed E-state index contributed by atoms with van der Waals surface area (Å²) in [6.07, 6.45) is 0.723. The molecule has 88 valence electrons. The van der Waals surface area contributed by atoms with Crippen molar-refractivity contribution in [1.82, 2.24) is 9.97 Å². The first-order valence-corrected chi connectivity index (χ1v) is 5.39. The number of nitrogens with zero attached hydrogens (tertiary/aromatic N) is 2. The number of hydrogen-bond acceptors (Lipinski definition) is 5. The van der Waals surface area contributed by atoms with E-state index < -0.39 is 0 Å². The van der Waals surface area contributed by atoms with Crippen LogP contribution in [0.1, 0.15) is 12.7 Å². The van der Waals surface area contributed by atoms with E-state index >= 15 is 0 Å². The maximum Gasteiger partial charge on any atom is 0.224 e. The molecule has 2 rings (SSSR count). The lowest BCUT2D eigenvalue weighted by molar-refractivity contribution is 0.459. The number of nitrogens with two attached hydrogens (primary N) is 1. The van der Waals surface area contributed by atoms with Crippen LogP contribution in [-0.4, -0.2) is 9.97 Å². The Morgan fingerprint density at radius 1 is 1.24 bits per heavy atom. The van der Waals surface area contributed by atoms with Gasteiger partial charge in [-0.1, -0.05) is 25.1 Å². The van der Waals surface area contributed by atoms with Crippen molar-refractivity contribution in [1.29, 1.82) is 0 Å². The molecule has 1 aromatic heterocycles. The number of rotatable bonds is 4. The molecule has 5 nitrogen and oxygen atoms in total. The van der Waals surface area contributed by atoms with E-state index in [1.165, 1.54) is 0 Å². The number of hydrogen-bond donors (Lipinski definition) is 2. The zero-order valence-electron chi connectivity index (χ0n) is 9.55. The van der Waals surface area contributed by atoms with Crippen molar-refractivity contribution in [3.8, 4) is 11.6 Å². The third-order valence-corrected chi connectivity index (χ3v) is 2.18. The van der Waals surface area contributed by atoms with Crippen LogP contribution in [0.2, 0.25) is 0 Å². The second-order valence-electron chi connectivity index (χ2n) is 3.42. The van der Waals surface area contributed by atoms with Crippen molar-refractivity contribution < 1.29 is 4.74 Å². The Balaban J connectivity index is 2.26. The van der Waals surface area contributed by atoms with Gasteiger partial charge in [0.25, 0.3) is 0 Å². The molecule has 0 fully saturated rings. The summed E-state index contributed by atoms with van der Waals surface area (Å²) in [7, 11) is 0. The molecule has 0 unspecified atom stereocenters. The SMILES string of the molecule is CCc1nc(NN)cc(Oc2ccccc2)n1. The van der Waals surface area contributed by atoms with Gasteiger partial charge < -0.3 is 10.2 Å². The predicted octanol–water partition coefficient (Wildman–Crippen LogP) is 2.12. The summed E-state index contributed by atoms with van der Waals surface area (Å²) >= 11 is 0. The summed E-state index contributed by atoms with van der Waals surface area (Å²) in [5.41, 5.74) is 2.50. The molecular formula is C12H14N4O. The number of nitrogen functional groups attached to an aromatic ring is 1. The van der Waals surface area contributed by atoms with Gasteiger partial charge in [0.05, 0.1) is 0 Å². The molecule has 0 atom stereocenters. The molecule has 0 aliphatic carbocycles. The molecule has 1 aromatic carbocycles.